The quantitative estimate of drug-likeness (QED) is 0.425. The second kappa shape index (κ2) is 6.28. The number of benzene rings is 2. The van der Waals surface area contributed by atoms with Crippen molar-refractivity contribution in [2.45, 2.75) is 6.42 Å². The number of rotatable bonds is 4. The molecule has 1 aromatic heterocycles. The predicted octanol–water partition coefficient (Wildman–Crippen LogP) is 3.09. The third kappa shape index (κ3) is 2.92. The van der Waals surface area contributed by atoms with E-state index in [2.05, 4.69) is 22.1 Å². The third-order valence-corrected chi connectivity index (χ3v) is 4.23. The number of nitrogens with zero attached hydrogens (tertiary/aromatic N) is 2. The summed E-state index contributed by atoms with van der Waals surface area (Å²) in [5.41, 5.74) is 5.30. The topological polar surface area (TPSA) is 69.2 Å². The number of esters is 1. The highest BCUT2D eigenvalue weighted by Gasteiger charge is 2.20. The maximum atomic E-state index is 12.4. The second-order valence-corrected chi connectivity index (χ2v) is 5.80. The van der Waals surface area contributed by atoms with Crippen LogP contribution in [0.15, 0.2) is 61.1 Å². The standard InChI is InChI=1S/C20H14N2O3/c23-19(12-25-20(24)18-11-21-7-8-22-18)15-6-5-14-9-13-3-1-2-4-16(13)17(14)10-15/h1-8,10-11H,9,12H2. The zero-order valence-electron chi connectivity index (χ0n) is 13.3. The van der Waals surface area contributed by atoms with Gasteiger partial charge in [-0.25, -0.2) is 9.78 Å². The number of carbonyl (C=O) groups is 2. The fourth-order valence-electron chi connectivity index (χ4n) is 2.99. The molecule has 122 valence electrons. The Hall–Kier alpha value is -3.34. The lowest BCUT2D eigenvalue weighted by atomic mass is 10.0. The lowest BCUT2D eigenvalue weighted by molar-refractivity contribution is 0.0468. The molecule has 5 nitrogen and oxygen atoms in total. The molecule has 4 rings (SSSR count). The number of ketones is 1. The van der Waals surface area contributed by atoms with Crippen LogP contribution in [-0.2, 0) is 11.2 Å². The van der Waals surface area contributed by atoms with Gasteiger partial charge in [0.25, 0.3) is 0 Å². The van der Waals surface area contributed by atoms with Crippen molar-refractivity contribution < 1.29 is 14.3 Å². The minimum atomic E-state index is -0.659. The molecule has 0 fully saturated rings. The highest BCUT2D eigenvalue weighted by Crippen LogP contribution is 2.36. The van der Waals surface area contributed by atoms with E-state index >= 15 is 0 Å². The molecule has 0 saturated heterocycles. The zero-order chi connectivity index (χ0) is 17.2. The summed E-state index contributed by atoms with van der Waals surface area (Å²) in [6, 6.07) is 13.8. The van der Waals surface area contributed by atoms with Crippen molar-refractivity contribution in [3.8, 4) is 11.1 Å². The molecule has 5 heteroatoms. The summed E-state index contributed by atoms with van der Waals surface area (Å²) in [5, 5.41) is 0. The molecule has 3 aromatic rings. The number of ether oxygens (including phenoxy) is 1. The Balaban J connectivity index is 1.50. The van der Waals surface area contributed by atoms with E-state index in [9.17, 15) is 9.59 Å². The Bertz CT molecular complexity index is 968. The van der Waals surface area contributed by atoms with Crippen LogP contribution in [-0.4, -0.2) is 28.3 Å². The number of Topliss-reactive ketones (excluding diaryl/α,β-unsaturated/α-hetero) is 1. The summed E-state index contributed by atoms with van der Waals surface area (Å²) in [6.45, 7) is -0.324. The molecular formula is C20H14N2O3. The SMILES string of the molecule is O=C(COC(=O)c1cnccn1)c1ccc2c(c1)-c1ccccc1C2. The molecule has 0 saturated carbocycles. The minimum Gasteiger partial charge on any atom is -0.453 e. The van der Waals surface area contributed by atoms with Gasteiger partial charge in [-0.05, 0) is 34.7 Å². The first kappa shape index (κ1) is 15.2. The van der Waals surface area contributed by atoms with Crippen LogP contribution in [0.4, 0.5) is 0 Å². The van der Waals surface area contributed by atoms with E-state index in [1.54, 1.807) is 6.07 Å². The smallest absolute Gasteiger partial charge is 0.358 e. The van der Waals surface area contributed by atoms with Crippen LogP contribution in [0.25, 0.3) is 11.1 Å². The Labute approximate surface area is 144 Å². The number of hydrogen-bond acceptors (Lipinski definition) is 5. The van der Waals surface area contributed by atoms with Gasteiger partial charge in [-0.2, -0.15) is 0 Å². The Morgan fingerprint density at radius 2 is 1.84 bits per heavy atom. The predicted molar refractivity (Wildman–Crippen MR) is 91.3 cm³/mol. The first-order valence-electron chi connectivity index (χ1n) is 7.90. The van der Waals surface area contributed by atoms with Crippen molar-refractivity contribution in [2.24, 2.45) is 0 Å². The summed E-state index contributed by atoms with van der Waals surface area (Å²) in [5.74, 6) is -0.905. The highest BCUT2D eigenvalue weighted by molar-refractivity contribution is 6.00. The van der Waals surface area contributed by atoms with Crippen molar-refractivity contribution in [2.75, 3.05) is 6.61 Å². The molecule has 0 bridgehead atoms. The van der Waals surface area contributed by atoms with E-state index in [4.69, 9.17) is 4.74 Å². The average molecular weight is 330 g/mol. The molecule has 0 aliphatic heterocycles. The van der Waals surface area contributed by atoms with Crippen LogP contribution in [0.1, 0.15) is 32.0 Å². The Kier molecular flexibility index (Phi) is 3.82. The fraction of sp³-hybridized carbons (Fsp3) is 0.100. The van der Waals surface area contributed by atoms with E-state index in [0.717, 1.165) is 17.5 Å². The van der Waals surface area contributed by atoms with Gasteiger partial charge in [-0.15, -0.1) is 0 Å². The molecule has 0 amide bonds. The number of carbonyl (C=O) groups excluding carboxylic acids is 2. The lowest BCUT2D eigenvalue weighted by Gasteiger charge is -2.06. The van der Waals surface area contributed by atoms with E-state index in [-0.39, 0.29) is 18.1 Å². The normalized spacial score (nSPS) is 11.5. The summed E-state index contributed by atoms with van der Waals surface area (Å²) >= 11 is 0. The summed E-state index contributed by atoms with van der Waals surface area (Å²) in [7, 11) is 0. The molecule has 0 atom stereocenters. The third-order valence-electron chi connectivity index (χ3n) is 4.23. The second-order valence-electron chi connectivity index (χ2n) is 5.80. The van der Waals surface area contributed by atoms with Crippen LogP contribution in [0.2, 0.25) is 0 Å². The summed E-state index contributed by atoms with van der Waals surface area (Å²) in [6.07, 6.45) is 5.04. The van der Waals surface area contributed by atoms with Gasteiger partial charge in [0.05, 0.1) is 6.20 Å². The van der Waals surface area contributed by atoms with Crippen LogP contribution in [0, 0.1) is 0 Å². The zero-order valence-corrected chi connectivity index (χ0v) is 13.3. The Morgan fingerprint density at radius 3 is 2.68 bits per heavy atom. The van der Waals surface area contributed by atoms with Gasteiger partial charge in [0.1, 0.15) is 0 Å². The summed E-state index contributed by atoms with van der Waals surface area (Å²) in [4.78, 5) is 31.9. The molecule has 0 unspecified atom stereocenters. The highest BCUT2D eigenvalue weighted by atomic mass is 16.5. The molecule has 0 radical (unpaired) electrons. The van der Waals surface area contributed by atoms with Gasteiger partial charge in [0.2, 0.25) is 0 Å². The first-order valence-corrected chi connectivity index (χ1v) is 7.90. The number of hydrogen-bond donors (Lipinski definition) is 0. The molecule has 0 spiro atoms. The van der Waals surface area contributed by atoms with Crippen LogP contribution < -0.4 is 0 Å². The summed E-state index contributed by atoms with van der Waals surface area (Å²) < 4.78 is 5.04. The molecule has 0 N–H and O–H groups in total. The van der Waals surface area contributed by atoms with Crippen LogP contribution in [0.3, 0.4) is 0 Å². The number of fused-ring (bicyclic) bond motifs is 3. The molecular weight excluding hydrogens is 316 g/mol. The van der Waals surface area contributed by atoms with Crippen molar-refractivity contribution in [3.63, 3.8) is 0 Å². The van der Waals surface area contributed by atoms with Gasteiger partial charge in [0.15, 0.2) is 18.1 Å². The minimum absolute atomic E-state index is 0.0816. The lowest BCUT2D eigenvalue weighted by Crippen LogP contribution is -2.15. The molecule has 25 heavy (non-hydrogen) atoms. The van der Waals surface area contributed by atoms with Gasteiger partial charge >= 0.3 is 5.97 Å². The van der Waals surface area contributed by atoms with Gasteiger partial charge in [-0.3, -0.25) is 9.78 Å². The first-order chi connectivity index (χ1) is 12.2. The van der Waals surface area contributed by atoms with Gasteiger partial charge in [-0.1, -0.05) is 36.4 Å². The molecule has 1 heterocycles. The maximum Gasteiger partial charge on any atom is 0.358 e. The van der Waals surface area contributed by atoms with E-state index in [1.165, 1.54) is 29.7 Å². The van der Waals surface area contributed by atoms with E-state index in [0.29, 0.717) is 5.56 Å². The van der Waals surface area contributed by atoms with E-state index in [1.807, 2.05) is 24.3 Å². The molecule has 2 aromatic carbocycles. The maximum absolute atomic E-state index is 12.4. The monoisotopic (exact) mass is 330 g/mol. The average Bonchev–Trinajstić information content (AvgIpc) is 3.04. The van der Waals surface area contributed by atoms with Crippen molar-refractivity contribution in [1.29, 1.82) is 0 Å². The molecule has 1 aliphatic carbocycles. The Morgan fingerprint density at radius 1 is 1.00 bits per heavy atom. The van der Waals surface area contributed by atoms with Crippen molar-refractivity contribution in [1.82, 2.24) is 9.97 Å². The van der Waals surface area contributed by atoms with Crippen LogP contribution >= 0.6 is 0 Å². The van der Waals surface area contributed by atoms with Crippen molar-refractivity contribution >= 4 is 11.8 Å². The van der Waals surface area contributed by atoms with E-state index < -0.39 is 5.97 Å². The van der Waals surface area contributed by atoms with Crippen LogP contribution in [0.5, 0.6) is 0 Å². The van der Waals surface area contributed by atoms with Crippen molar-refractivity contribution in [3.05, 3.63) is 83.4 Å². The number of aromatic nitrogens is 2. The largest absolute Gasteiger partial charge is 0.453 e. The van der Waals surface area contributed by atoms with Gasteiger partial charge in [0, 0.05) is 18.0 Å². The molecule has 1 aliphatic rings. The van der Waals surface area contributed by atoms with Gasteiger partial charge < -0.3 is 4.74 Å². The fourth-order valence-corrected chi connectivity index (χ4v) is 2.99.